The van der Waals surface area contributed by atoms with Crippen LogP contribution in [-0.4, -0.2) is 24.2 Å². The van der Waals surface area contributed by atoms with Gasteiger partial charge in [-0.2, -0.15) is 0 Å². The van der Waals surface area contributed by atoms with E-state index in [0.717, 1.165) is 55.7 Å². The van der Waals surface area contributed by atoms with E-state index in [-0.39, 0.29) is 32.8 Å². The van der Waals surface area contributed by atoms with Crippen LogP contribution >= 0.6 is 0 Å². The number of aromatic nitrogens is 4. The highest BCUT2D eigenvalue weighted by Crippen LogP contribution is 2.44. The zero-order valence-electron chi connectivity index (χ0n) is 46.6. The van der Waals surface area contributed by atoms with Gasteiger partial charge in [0.05, 0.1) is 39.9 Å². The summed E-state index contributed by atoms with van der Waals surface area (Å²) in [4.78, 5) is 14.2. The van der Waals surface area contributed by atoms with Crippen LogP contribution in [0.5, 0.6) is 5.75 Å². The molecule has 0 atom stereocenters. The topological polar surface area (TPSA) is 60.2 Å². The summed E-state index contributed by atoms with van der Waals surface area (Å²) in [5, 5.41) is 14.1. The number of para-hydroxylation sites is 2. The molecule has 1 N–H and O–H groups in total. The lowest BCUT2D eigenvalue weighted by Crippen LogP contribution is -2.17. The second kappa shape index (κ2) is 18.0. The fourth-order valence-electron chi connectivity index (χ4n) is 10.3. The van der Waals surface area contributed by atoms with E-state index in [2.05, 4.69) is 245 Å². The largest absolute Gasteiger partial charge is 0.509 e. The van der Waals surface area contributed by atoms with Crippen molar-refractivity contribution >= 4 is 38.5 Å². The number of hydrogen-bond acceptors (Lipinski definition) is 3. The number of phenolic OH excluding ortho intramolecular Hbond substituents is 1. The Kier molecular flexibility index (Phi) is 12.2. The van der Waals surface area contributed by atoms with Gasteiger partial charge in [0.15, 0.2) is 5.69 Å². The summed E-state index contributed by atoms with van der Waals surface area (Å²) in [5.74, 6) is 0.615. The second-order valence-corrected chi connectivity index (χ2v) is 25.9. The molecule has 7 aromatic carbocycles. The summed E-state index contributed by atoms with van der Waals surface area (Å²) in [6, 6.07) is 52.4. The molecule has 10 aromatic rings. The maximum absolute atomic E-state index is 11.6. The minimum Gasteiger partial charge on any atom is -0.509 e. The first-order chi connectivity index (χ1) is 35.2. The summed E-state index contributed by atoms with van der Waals surface area (Å²) >= 11 is 0. The van der Waals surface area contributed by atoms with Gasteiger partial charge in [-0.3, -0.25) is 9.55 Å². The first-order valence-electron chi connectivity index (χ1n) is 26.4. The molecule has 6 heteroatoms. The molecular weight excluding hydrogens is 915 g/mol. The Balaban J connectivity index is 1.16. The molecule has 0 aliphatic rings. The lowest BCUT2D eigenvalue weighted by molar-refractivity contribution is 0.477. The Morgan fingerprint density at radius 2 is 0.960 bits per heavy atom. The van der Waals surface area contributed by atoms with Crippen molar-refractivity contribution in [1.29, 1.82) is 0 Å². The van der Waals surface area contributed by atoms with Crippen molar-refractivity contribution < 1.29 is 5.11 Å². The molecule has 0 aliphatic heterocycles. The van der Waals surface area contributed by atoms with Crippen LogP contribution in [0, 0.1) is 6.57 Å². The third-order valence-corrected chi connectivity index (χ3v) is 15.0. The summed E-state index contributed by atoms with van der Waals surface area (Å²) < 4.78 is 4.65. The Bertz CT molecular complexity index is 3870. The maximum atomic E-state index is 11.6. The standard InChI is InChI=1S/C69H71N5O/c1-65(2,3)46-31-44(54-21-19-23-60-63(54)72-64(57-27-25-51(70-16)41-62(57)75)74(60)53-39-49(68(10,11)12)36-50(40-53)69(13,14)15)30-45(32-46)58-33-43(28-29-71-58)42-24-26-56-55-20-17-18-22-59(55)73(61(56)34-42)52-37-47(66(4,5)6)35-48(38-52)67(7,8)9/h17-41,75H,1-15H3. The first-order valence-corrected chi connectivity index (χ1v) is 26.4. The average molecular weight is 986 g/mol. The molecule has 378 valence electrons. The second-order valence-electron chi connectivity index (χ2n) is 25.9. The van der Waals surface area contributed by atoms with Crippen molar-refractivity contribution in [3.05, 3.63) is 191 Å². The van der Waals surface area contributed by atoms with E-state index in [1.807, 2.05) is 12.3 Å². The molecule has 0 spiro atoms. The molecule has 3 aromatic heterocycles. The molecule has 0 saturated heterocycles. The molecular formula is C69H71N5O. The number of fused-ring (bicyclic) bond motifs is 4. The highest BCUT2D eigenvalue weighted by atomic mass is 16.3. The Labute approximate surface area is 444 Å². The molecule has 0 radical (unpaired) electrons. The minimum absolute atomic E-state index is 0.0117. The molecule has 6 nitrogen and oxygen atoms in total. The molecule has 0 amide bonds. The van der Waals surface area contributed by atoms with E-state index in [9.17, 15) is 5.11 Å². The summed E-state index contributed by atoms with van der Waals surface area (Å²) in [6.07, 6.45) is 1.94. The Morgan fingerprint density at radius 3 is 1.55 bits per heavy atom. The highest BCUT2D eigenvalue weighted by Gasteiger charge is 2.27. The van der Waals surface area contributed by atoms with Gasteiger partial charge < -0.3 is 9.67 Å². The van der Waals surface area contributed by atoms with Crippen molar-refractivity contribution in [1.82, 2.24) is 19.1 Å². The third kappa shape index (κ3) is 9.55. The number of rotatable bonds is 6. The van der Waals surface area contributed by atoms with Crippen molar-refractivity contribution in [3.63, 3.8) is 0 Å². The molecule has 0 saturated carbocycles. The summed E-state index contributed by atoms with van der Waals surface area (Å²) in [7, 11) is 0. The Hall–Kier alpha value is -7.75. The van der Waals surface area contributed by atoms with Crippen LogP contribution in [0.15, 0.2) is 152 Å². The SMILES string of the molecule is [C-]#[N+]c1ccc(-c2nc3c(-c4cc(-c5cc(-c6ccc7c8ccccc8n(-c8cc(C(C)(C)C)cc(C(C)(C)C)c8)c7c6)ccn5)cc(C(C)(C)C)c4)cccc3n2-c2cc(C(C)(C)C)cc(C(C)(C)C)c2)c(O)c1. The number of aromatic hydroxyl groups is 1. The van der Waals surface area contributed by atoms with Gasteiger partial charge in [0, 0.05) is 39.5 Å². The zero-order chi connectivity index (χ0) is 53.7. The summed E-state index contributed by atoms with van der Waals surface area (Å²) in [5.41, 5.74) is 19.0. The van der Waals surface area contributed by atoms with E-state index < -0.39 is 0 Å². The normalized spacial score (nSPS) is 12.8. The van der Waals surface area contributed by atoms with Gasteiger partial charge >= 0.3 is 0 Å². The van der Waals surface area contributed by atoms with Gasteiger partial charge in [-0.05, 0) is 144 Å². The van der Waals surface area contributed by atoms with Crippen LogP contribution in [0.1, 0.15) is 132 Å². The number of phenols is 1. The lowest BCUT2D eigenvalue weighted by atomic mass is 9.80. The van der Waals surface area contributed by atoms with Crippen molar-refractivity contribution in [3.8, 4) is 62.0 Å². The van der Waals surface area contributed by atoms with Gasteiger partial charge in [0.25, 0.3) is 0 Å². The molecule has 0 fully saturated rings. The van der Waals surface area contributed by atoms with Crippen LogP contribution in [0.3, 0.4) is 0 Å². The van der Waals surface area contributed by atoms with Crippen LogP contribution in [0.4, 0.5) is 5.69 Å². The molecule has 0 bridgehead atoms. The van der Waals surface area contributed by atoms with Crippen molar-refractivity contribution in [2.75, 3.05) is 0 Å². The van der Waals surface area contributed by atoms with Crippen LogP contribution in [0.25, 0.3) is 94.0 Å². The predicted octanol–water partition coefficient (Wildman–Crippen LogP) is 18.9. The monoisotopic (exact) mass is 986 g/mol. The van der Waals surface area contributed by atoms with E-state index in [0.29, 0.717) is 17.1 Å². The molecule has 10 rings (SSSR count). The van der Waals surface area contributed by atoms with Gasteiger partial charge in [-0.1, -0.05) is 177 Å². The maximum Gasteiger partial charge on any atom is 0.190 e. The number of imidazole rings is 1. The zero-order valence-corrected chi connectivity index (χ0v) is 46.6. The number of hydrogen-bond donors (Lipinski definition) is 1. The predicted molar refractivity (Wildman–Crippen MR) is 316 cm³/mol. The number of benzene rings is 7. The van der Waals surface area contributed by atoms with Gasteiger partial charge in [-0.25, -0.2) is 9.83 Å². The highest BCUT2D eigenvalue weighted by molar-refractivity contribution is 6.10. The fourth-order valence-corrected chi connectivity index (χ4v) is 10.3. The molecule has 3 heterocycles. The fraction of sp³-hybridized carbons (Fsp3) is 0.290. The lowest BCUT2D eigenvalue weighted by Gasteiger charge is -2.27. The smallest absolute Gasteiger partial charge is 0.190 e. The van der Waals surface area contributed by atoms with Gasteiger partial charge in [-0.15, -0.1) is 0 Å². The van der Waals surface area contributed by atoms with Gasteiger partial charge in [0.1, 0.15) is 11.6 Å². The number of pyridine rings is 1. The minimum atomic E-state index is -0.191. The van der Waals surface area contributed by atoms with E-state index in [1.165, 1.54) is 55.9 Å². The summed E-state index contributed by atoms with van der Waals surface area (Å²) in [6.45, 7) is 41.7. The average Bonchev–Trinajstić information content (AvgIpc) is 3.92. The van der Waals surface area contributed by atoms with E-state index >= 15 is 0 Å². The molecule has 0 aliphatic carbocycles. The molecule has 0 unspecified atom stereocenters. The van der Waals surface area contributed by atoms with E-state index in [4.69, 9.17) is 16.5 Å². The van der Waals surface area contributed by atoms with E-state index in [1.54, 1.807) is 6.07 Å². The first kappa shape index (κ1) is 50.8. The quantitative estimate of drug-likeness (QED) is 0.169. The Morgan fingerprint density at radius 1 is 0.427 bits per heavy atom. The van der Waals surface area contributed by atoms with Gasteiger partial charge in [0.2, 0.25) is 0 Å². The van der Waals surface area contributed by atoms with Crippen LogP contribution < -0.4 is 0 Å². The molecule has 75 heavy (non-hydrogen) atoms. The van der Waals surface area contributed by atoms with Crippen molar-refractivity contribution in [2.45, 2.75) is 131 Å². The number of nitrogens with zero attached hydrogens (tertiary/aromatic N) is 5. The van der Waals surface area contributed by atoms with Crippen LogP contribution in [-0.2, 0) is 27.1 Å². The van der Waals surface area contributed by atoms with Crippen LogP contribution in [0.2, 0.25) is 0 Å². The van der Waals surface area contributed by atoms with Crippen molar-refractivity contribution in [2.24, 2.45) is 0 Å². The third-order valence-electron chi connectivity index (χ3n) is 15.0.